The lowest BCUT2D eigenvalue weighted by Gasteiger charge is -2.11. The summed E-state index contributed by atoms with van der Waals surface area (Å²) in [6.45, 7) is 5.31. The largest absolute Gasteiger partial charge is 0.490 e. The highest BCUT2D eigenvalue weighted by molar-refractivity contribution is 5.82. The summed E-state index contributed by atoms with van der Waals surface area (Å²) in [6, 6.07) is 5.36. The van der Waals surface area contributed by atoms with Gasteiger partial charge in [0, 0.05) is 17.5 Å². The van der Waals surface area contributed by atoms with E-state index in [1.54, 1.807) is 0 Å². The number of aryl methyl sites for hydroxylation is 2. The third-order valence-electron chi connectivity index (χ3n) is 3.34. The van der Waals surface area contributed by atoms with Crippen LogP contribution in [0.5, 0.6) is 5.75 Å². The van der Waals surface area contributed by atoms with Crippen molar-refractivity contribution in [1.29, 1.82) is 0 Å². The van der Waals surface area contributed by atoms with Crippen molar-refractivity contribution in [2.45, 2.75) is 26.4 Å². The summed E-state index contributed by atoms with van der Waals surface area (Å²) < 4.78 is 16.1. The Kier molecular flexibility index (Phi) is 3.03. The molecule has 3 rings (SSSR count). The van der Waals surface area contributed by atoms with Crippen LogP contribution in [0.1, 0.15) is 18.1 Å². The minimum atomic E-state index is -0.328. The van der Waals surface area contributed by atoms with Crippen molar-refractivity contribution in [1.82, 2.24) is 0 Å². The van der Waals surface area contributed by atoms with Crippen molar-refractivity contribution in [2.24, 2.45) is 0 Å². The first kappa shape index (κ1) is 12.2. The van der Waals surface area contributed by atoms with Crippen molar-refractivity contribution in [3.05, 3.63) is 39.7 Å². The number of hydrogen-bond acceptors (Lipinski definition) is 4. The fourth-order valence-electron chi connectivity index (χ4n) is 2.15. The molecule has 1 aromatic heterocycles. The molecule has 1 fully saturated rings. The first-order chi connectivity index (χ1) is 9.17. The van der Waals surface area contributed by atoms with Gasteiger partial charge in [-0.15, -0.1) is 0 Å². The van der Waals surface area contributed by atoms with E-state index in [0.29, 0.717) is 12.2 Å². The van der Waals surface area contributed by atoms with Gasteiger partial charge in [-0.25, -0.2) is 4.79 Å². The first-order valence-electron chi connectivity index (χ1n) is 6.49. The van der Waals surface area contributed by atoms with Crippen molar-refractivity contribution >= 4 is 11.0 Å². The minimum Gasteiger partial charge on any atom is -0.490 e. The van der Waals surface area contributed by atoms with E-state index in [0.717, 1.165) is 35.3 Å². The Hall–Kier alpha value is -1.81. The quantitative estimate of drug-likeness (QED) is 0.626. The standard InChI is InChI=1S/C15H16O4/c1-3-10-5-12-9(2)4-15(16)19-14(12)6-13(10)18-8-11-7-17-11/h4-6,11H,3,7-8H2,1-2H3. The summed E-state index contributed by atoms with van der Waals surface area (Å²) in [6.07, 6.45) is 1.08. The molecular formula is C15H16O4. The average Bonchev–Trinajstić information content (AvgIpc) is 3.19. The second kappa shape index (κ2) is 4.70. The predicted octanol–water partition coefficient (Wildman–Crippen LogP) is 2.44. The van der Waals surface area contributed by atoms with E-state index in [1.807, 2.05) is 19.1 Å². The summed E-state index contributed by atoms with van der Waals surface area (Å²) in [7, 11) is 0. The van der Waals surface area contributed by atoms with Crippen molar-refractivity contribution in [2.75, 3.05) is 13.2 Å². The molecule has 1 aliphatic heterocycles. The first-order valence-corrected chi connectivity index (χ1v) is 6.49. The summed E-state index contributed by atoms with van der Waals surface area (Å²) in [5.74, 6) is 0.777. The highest BCUT2D eigenvalue weighted by atomic mass is 16.6. The SMILES string of the molecule is CCc1cc2c(C)cc(=O)oc2cc1OCC1CO1. The molecule has 4 heteroatoms. The smallest absolute Gasteiger partial charge is 0.336 e. The third-order valence-corrected chi connectivity index (χ3v) is 3.34. The number of rotatable bonds is 4. The van der Waals surface area contributed by atoms with Crippen LogP contribution in [0.15, 0.2) is 27.4 Å². The maximum atomic E-state index is 11.4. The number of fused-ring (bicyclic) bond motifs is 1. The highest BCUT2D eigenvalue weighted by Crippen LogP contribution is 2.28. The van der Waals surface area contributed by atoms with Crippen LogP contribution in [0.4, 0.5) is 0 Å². The van der Waals surface area contributed by atoms with E-state index in [4.69, 9.17) is 13.9 Å². The molecule has 0 aliphatic carbocycles. The molecule has 1 saturated heterocycles. The van der Waals surface area contributed by atoms with E-state index < -0.39 is 0 Å². The molecule has 0 amide bonds. The zero-order valence-electron chi connectivity index (χ0n) is 11.1. The van der Waals surface area contributed by atoms with Gasteiger partial charge in [-0.1, -0.05) is 6.92 Å². The van der Waals surface area contributed by atoms with Gasteiger partial charge in [-0.2, -0.15) is 0 Å². The molecule has 4 nitrogen and oxygen atoms in total. The van der Waals surface area contributed by atoms with Crippen molar-refractivity contribution in [3.63, 3.8) is 0 Å². The van der Waals surface area contributed by atoms with Gasteiger partial charge in [0.15, 0.2) is 0 Å². The molecule has 0 radical (unpaired) electrons. The zero-order chi connectivity index (χ0) is 13.4. The van der Waals surface area contributed by atoms with Crippen LogP contribution >= 0.6 is 0 Å². The Morgan fingerprint density at radius 1 is 1.37 bits per heavy atom. The Morgan fingerprint density at radius 3 is 2.84 bits per heavy atom. The highest BCUT2D eigenvalue weighted by Gasteiger charge is 2.23. The van der Waals surface area contributed by atoms with Gasteiger partial charge >= 0.3 is 5.63 Å². The van der Waals surface area contributed by atoms with Crippen molar-refractivity contribution in [3.8, 4) is 5.75 Å². The lowest BCUT2D eigenvalue weighted by atomic mass is 10.1. The average molecular weight is 260 g/mol. The number of ether oxygens (including phenoxy) is 2. The second-order valence-corrected chi connectivity index (χ2v) is 4.82. The Labute approximate surface area is 110 Å². The lowest BCUT2D eigenvalue weighted by Crippen LogP contribution is -2.06. The normalized spacial score (nSPS) is 17.7. The van der Waals surface area contributed by atoms with Crippen LogP contribution in [0.3, 0.4) is 0 Å². The molecule has 19 heavy (non-hydrogen) atoms. The van der Waals surface area contributed by atoms with Gasteiger partial charge in [-0.3, -0.25) is 0 Å². The molecule has 0 spiro atoms. The zero-order valence-corrected chi connectivity index (χ0v) is 11.1. The molecule has 0 bridgehead atoms. The maximum Gasteiger partial charge on any atom is 0.336 e. The van der Waals surface area contributed by atoms with Crippen LogP contribution in [-0.4, -0.2) is 19.3 Å². The second-order valence-electron chi connectivity index (χ2n) is 4.82. The van der Waals surface area contributed by atoms with E-state index in [9.17, 15) is 4.79 Å². The van der Waals surface area contributed by atoms with Gasteiger partial charge in [0.2, 0.25) is 0 Å². The summed E-state index contributed by atoms with van der Waals surface area (Å²) in [4.78, 5) is 11.4. The number of benzene rings is 1. The van der Waals surface area contributed by atoms with Gasteiger partial charge in [0.25, 0.3) is 0 Å². The fourth-order valence-corrected chi connectivity index (χ4v) is 2.15. The predicted molar refractivity (Wildman–Crippen MR) is 71.8 cm³/mol. The van der Waals surface area contributed by atoms with Gasteiger partial charge in [-0.05, 0) is 30.5 Å². The topological polar surface area (TPSA) is 52.0 Å². The van der Waals surface area contributed by atoms with E-state index in [-0.39, 0.29) is 11.7 Å². The van der Waals surface area contributed by atoms with Crippen LogP contribution in [0.25, 0.3) is 11.0 Å². The van der Waals surface area contributed by atoms with E-state index in [2.05, 4.69) is 6.92 Å². The van der Waals surface area contributed by atoms with Gasteiger partial charge < -0.3 is 13.9 Å². The molecule has 0 N–H and O–H groups in total. The van der Waals surface area contributed by atoms with Gasteiger partial charge in [0.1, 0.15) is 24.0 Å². The molecule has 1 unspecified atom stereocenters. The van der Waals surface area contributed by atoms with Crippen LogP contribution in [0.2, 0.25) is 0 Å². The molecule has 1 aromatic carbocycles. The fraction of sp³-hybridized carbons (Fsp3) is 0.400. The summed E-state index contributed by atoms with van der Waals surface area (Å²) in [5, 5.41) is 0.964. The summed E-state index contributed by atoms with van der Waals surface area (Å²) in [5.41, 5.74) is 2.29. The Bertz CT molecular complexity index is 668. The number of hydrogen-bond donors (Lipinski definition) is 0. The lowest BCUT2D eigenvalue weighted by molar-refractivity contribution is 0.261. The monoisotopic (exact) mass is 260 g/mol. The molecule has 2 heterocycles. The Balaban J connectivity index is 2.06. The Morgan fingerprint density at radius 2 is 2.16 bits per heavy atom. The number of epoxide rings is 1. The van der Waals surface area contributed by atoms with E-state index >= 15 is 0 Å². The van der Waals surface area contributed by atoms with E-state index in [1.165, 1.54) is 6.07 Å². The maximum absolute atomic E-state index is 11.4. The molecule has 1 atom stereocenters. The van der Waals surface area contributed by atoms with Crippen LogP contribution < -0.4 is 10.4 Å². The molecule has 2 aromatic rings. The molecule has 0 saturated carbocycles. The molecule has 1 aliphatic rings. The van der Waals surface area contributed by atoms with Crippen LogP contribution in [0, 0.1) is 6.92 Å². The molecular weight excluding hydrogens is 244 g/mol. The molecule has 100 valence electrons. The third kappa shape index (κ3) is 2.49. The van der Waals surface area contributed by atoms with Gasteiger partial charge in [0.05, 0.1) is 6.61 Å². The van der Waals surface area contributed by atoms with Crippen LogP contribution in [-0.2, 0) is 11.2 Å². The summed E-state index contributed by atoms with van der Waals surface area (Å²) >= 11 is 0. The minimum absolute atomic E-state index is 0.213. The van der Waals surface area contributed by atoms with Crippen molar-refractivity contribution < 1.29 is 13.9 Å².